The Hall–Kier alpha value is -1.55. The minimum atomic E-state index is -0.135. The first kappa shape index (κ1) is 18.8. The summed E-state index contributed by atoms with van der Waals surface area (Å²) in [5.74, 6) is 0.0257. The zero-order chi connectivity index (χ0) is 17.5. The molecular formula is C19H27ClN2O2. The summed E-state index contributed by atoms with van der Waals surface area (Å²) in [4.78, 5) is 26.4. The van der Waals surface area contributed by atoms with Gasteiger partial charge in [-0.25, -0.2) is 0 Å². The lowest BCUT2D eigenvalue weighted by atomic mass is 9.92. The fourth-order valence-corrected chi connectivity index (χ4v) is 3.61. The van der Waals surface area contributed by atoms with Gasteiger partial charge < -0.3 is 10.2 Å². The summed E-state index contributed by atoms with van der Waals surface area (Å²) in [6, 6.07) is 8.00. The van der Waals surface area contributed by atoms with E-state index in [0.717, 1.165) is 31.2 Å². The van der Waals surface area contributed by atoms with Crippen LogP contribution in [0, 0.1) is 5.92 Å². The van der Waals surface area contributed by atoms with Crippen LogP contribution in [0.25, 0.3) is 0 Å². The van der Waals surface area contributed by atoms with Crippen molar-refractivity contribution in [1.29, 1.82) is 0 Å². The van der Waals surface area contributed by atoms with Gasteiger partial charge in [-0.3, -0.25) is 9.59 Å². The number of benzene rings is 1. The van der Waals surface area contributed by atoms with E-state index in [1.54, 1.807) is 4.90 Å². The van der Waals surface area contributed by atoms with Gasteiger partial charge in [0, 0.05) is 19.0 Å². The lowest BCUT2D eigenvalue weighted by Gasteiger charge is -2.37. The van der Waals surface area contributed by atoms with Crippen LogP contribution in [0.5, 0.6) is 0 Å². The molecule has 0 saturated heterocycles. The van der Waals surface area contributed by atoms with Crippen LogP contribution in [0.1, 0.15) is 50.3 Å². The smallest absolute Gasteiger partial charge is 0.238 e. The molecule has 2 atom stereocenters. The molecule has 5 heteroatoms. The molecule has 2 amide bonds. The monoisotopic (exact) mass is 350 g/mol. The molecule has 0 saturated carbocycles. The molecule has 1 aliphatic heterocycles. The first-order valence-corrected chi connectivity index (χ1v) is 9.36. The van der Waals surface area contributed by atoms with Crippen molar-refractivity contribution < 1.29 is 9.59 Å². The lowest BCUT2D eigenvalue weighted by molar-refractivity contribution is -0.132. The van der Waals surface area contributed by atoms with Crippen molar-refractivity contribution in [2.45, 2.75) is 45.6 Å². The number of hydrogen-bond acceptors (Lipinski definition) is 2. The predicted octanol–water partition coefficient (Wildman–Crippen LogP) is 3.29. The Bertz CT molecular complexity index is 576. The van der Waals surface area contributed by atoms with Crippen molar-refractivity contribution in [3.05, 3.63) is 35.4 Å². The number of halogens is 1. The molecule has 0 aromatic heterocycles. The lowest BCUT2D eigenvalue weighted by Crippen LogP contribution is -2.46. The maximum atomic E-state index is 12.4. The van der Waals surface area contributed by atoms with Crippen LogP contribution in [0.4, 0.5) is 0 Å². The van der Waals surface area contributed by atoms with Crippen LogP contribution in [0.15, 0.2) is 24.3 Å². The number of nitrogens with one attached hydrogen (secondary N) is 1. The number of amides is 2. The number of nitrogens with zero attached hydrogens (tertiary/aromatic N) is 1. The highest BCUT2D eigenvalue weighted by molar-refractivity contribution is 6.27. The topological polar surface area (TPSA) is 49.4 Å². The van der Waals surface area contributed by atoms with Crippen molar-refractivity contribution in [1.82, 2.24) is 10.2 Å². The zero-order valence-electron chi connectivity index (χ0n) is 14.6. The normalized spacial score (nSPS) is 18.0. The van der Waals surface area contributed by atoms with Gasteiger partial charge in [0.2, 0.25) is 11.8 Å². The average Bonchev–Trinajstić information content (AvgIpc) is 2.62. The minimum Gasteiger partial charge on any atom is -0.353 e. The van der Waals surface area contributed by atoms with E-state index in [1.807, 2.05) is 25.1 Å². The summed E-state index contributed by atoms with van der Waals surface area (Å²) in [6.07, 6.45) is 3.56. The van der Waals surface area contributed by atoms with Gasteiger partial charge in [-0.15, -0.1) is 11.6 Å². The minimum absolute atomic E-state index is 0.0277. The van der Waals surface area contributed by atoms with Crippen LogP contribution in [0.2, 0.25) is 0 Å². The number of alkyl halides is 1. The second kappa shape index (κ2) is 9.07. The Kier molecular flexibility index (Phi) is 7.10. The molecule has 1 aromatic rings. The van der Waals surface area contributed by atoms with E-state index >= 15 is 0 Å². The summed E-state index contributed by atoms with van der Waals surface area (Å²) < 4.78 is 0. The van der Waals surface area contributed by atoms with Gasteiger partial charge in [0.1, 0.15) is 5.88 Å². The maximum Gasteiger partial charge on any atom is 0.238 e. The molecule has 1 N–H and O–H groups in total. The molecule has 4 nitrogen and oxygen atoms in total. The summed E-state index contributed by atoms with van der Waals surface area (Å²) >= 11 is 5.78. The molecule has 132 valence electrons. The Balaban J connectivity index is 2.14. The largest absolute Gasteiger partial charge is 0.353 e. The number of rotatable bonds is 7. The number of hydrogen-bond donors (Lipinski definition) is 1. The molecule has 0 radical (unpaired) electrons. The molecule has 24 heavy (non-hydrogen) atoms. The van der Waals surface area contributed by atoms with Gasteiger partial charge in [-0.2, -0.15) is 0 Å². The van der Waals surface area contributed by atoms with Crippen LogP contribution in [-0.4, -0.2) is 35.7 Å². The van der Waals surface area contributed by atoms with E-state index in [1.165, 1.54) is 5.56 Å². The van der Waals surface area contributed by atoms with Gasteiger partial charge in [0.15, 0.2) is 0 Å². The van der Waals surface area contributed by atoms with E-state index in [4.69, 9.17) is 11.6 Å². The van der Waals surface area contributed by atoms with Crippen LogP contribution < -0.4 is 5.32 Å². The zero-order valence-corrected chi connectivity index (χ0v) is 15.3. The van der Waals surface area contributed by atoms with Gasteiger partial charge in [0.05, 0.1) is 6.04 Å². The quantitative estimate of drug-likeness (QED) is 0.767. The van der Waals surface area contributed by atoms with Crippen molar-refractivity contribution in [3.63, 3.8) is 0 Å². The van der Waals surface area contributed by atoms with Gasteiger partial charge in [-0.05, 0) is 30.4 Å². The van der Waals surface area contributed by atoms with Gasteiger partial charge in [0.25, 0.3) is 0 Å². The Morgan fingerprint density at radius 1 is 1.33 bits per heavy atom. The molecule has 2 rings (SSSR count). The highest BCUT2D eigenvalue weighted by Crippen LogP contribution is 2.29. The summed E-state index contributed by atoms with van der Waals surface area (Å²) in [5, 5.41) is 3.06. The molecule has 1 heterocycles. The summed E-state index contributed by atoms with van der Waals surface area (Å²) in [6.45, 7) is 5.22. The Labute approximate surface area is 149 Å². The van der Waals surface area contributed by atoms with E-state index in [-0.39, 0.29) is 29.7 Å². The fourth-order valence-electron chi connectivity index (χ4n) is 3.46. The van der Waals surface area contributed by atoms with Crippen LogP contribution >= 0.6 is 11.6 Å². The third-order valence-corrected chi connectivity index (χ3v) is 5.05. The van der Waals surface area contributed by atoms with Gasteiger partial charge >= 0.3 is 0 Å². The van der Waals surface area contributed by atoms with Crippen molar-refractivity contribution in [2.24, 2.45) is 5.92 Å². The number of carbonyl (C=O) groups is 2. The first-order chi connectivity index (χ1) is 11.6. The molecule has 0 spiro atoms. The van der Waals surface area contributed by atoms with E-state index in [0.29, 0.717) is 13.1 Å². The molecule has 2 unspecified atom stereocenters. The third kappa shape index (κ3) is 4.29. The fraction of sp³-hybridized carbons (Fsp3) is 0.579. The second-order valence-electron chi connectivity index (χ2n) is 6.32. The predicted molar refractivity (Wildman–Crippen MR) is 97.0 cm³/mol. The molecule has 0 aliphatic carbocycles. The molecule has 1 aliphatic rings. The first-order valence-electron chi connectivity index (χ1n) is 8.83. The van der Waals surface area contributed by atoms with E-state index < -0.39 is 0 Å². The SMILES string of the molecule is CCCC(CC)C(=O)NCC1c2ccccc2CCN1C(=O)CCl. The van der Waals surface area contributed by atoms with Crippen molar-refractivity contribution >= 4 is 23.4 Å². The van der Waals surface area contributed by atoms with Gasteiger partial charge in [-0.1, -0.05) is 44.5 Å². The Morgan fingerprint density at radius 3 is 2.75 bits per heavy atom. The van der Waals surface area contributed by atoms with Crippen molar-refractivity contribution in [3.8, 4) is 0 Å². The Morgan fingerprint density at radius 2 is 2.08 bits per heavy atom. The highest BCUT2D eigenvalue weighted by Gasteiger charge is 2.30. The highest BCUT2D eigenvalue weighted by atomic mass is 35.5. The van der Waals surface area contributed by atoms with E-state index in [9.17, 15) is 9.59 Å². The molecule has 0 bridgehead atoms. The molecular weight excluding hydrogens is 324 g/mol. The second-order valence-corrected chi connectivity index (χ2v) is 6.59. The van der Waals surface area contributed by atoms with Crippen molar-refractivity contribution in [2.75, 3.05) is 19.0 Å². The van der Waals surface area contributed by atoms with E-state index in [2.05, 4.69) is 18.3 Å². The number of fused-ring (bicyclic) bond motifs is 1. The number of carbonyl (C=O) groups excluding carboxylic acids is 2. The third-order valence-electron chi connectivity index (χ3n) is 4.82. The summed E-state index contributed by atoms with van der Waals surface area (Å²) in [7, 11) is 0. The van der Waals surface area contributed by atoms with Crippen LogP contribution in [0.3, 0.4) is 0 Å². The molecule has 1 aromatic carbocycles. The maximum absolute atomic E-state index is 12.4. The van der Waals surface area contributed by atoms with Crippen LogP contribution in [-0.2, 0) is 16.0 Å². The standard InChI is InChI=1S/C19H27ClN2O2/c1-3-7-14(4-2)19(24)21-13-17-16-9-6-5-8-15(16)10-11-22(17)18(23)12-20/h5-6,8-9,14,17H,3-4,7,10-13H2,1-2H3,(H,21,24). The molecule has 0 fully saturated rings. The average molecular weight is 351 g/mol. The summed E-state index contributed by atoms with van der Waals surface area (Å²) in [5.41, 5.74) is 2.36.